The number of nitriles is 1. The Morgan fingerprint density at radius 2 is 1.86 bits per heavy atom. The van der Waals surface area contributed by atoms with Crippen LogP contribution in [0.1, 0.15) is 24.5 Å². The Morgan fingerprint density at radius 1 is 1.21 bits per heavy atom. The number of ether oxygens (including phenoxy) is 1. The average molecular weight is 395 g/mol. The van der Waals surface area contributed by atoms with E-state index in [1.54, 1.807) is 12.1 Å². The molecule has 1 fully saturated rings. The van der Waals surface area contributed by atoms with Gasteiger partial charge in [-0.25, -0.2) is 9.37 Å². The third kappa shape index (κ3) is 5.08. The van der Waals surface area contributed by atoms with Crippen LogP contribution in [0.4, 0.5) is 15.9 Å². The van der Waals surface area contributed by atoms with Crippen LogP contribution in [0.3, 0.4) is 0 Å². The third-order valence-corrected chi connectivity index (χ3v) is 4.69. The molecular weight excluding hydrogens is 373 g/mol. The van der Waals surface area contributed by atoms with Gasteiger partial charge in [0.15, 0.2) is 11.6 Å². The summed E-state index contributed by atoms with van der Waals surface area (Å²) in [4.78, 5) is 19.8. The number of carbonyl (C=O) groups excluding carboxylic acids is 1. The van der Waals surface area contributed by atoms with Gasteiger partial charge < -0.3 is 19.9 Å². The lowest BCUT2D eigenvalue weighted by molar-refractivity contribution is -0.143. The van der Waals surface area contributed by atoms with Crippen LogP contribution in [0.15, 0.2) is 36.5 Å². The van der Waals surface area contributed by atoms with Crippen molar-refractivity contribution in [2.24, 2.45) is 0 Å². The summed E-state index contributed by atoms with van der Waals surface area (Å²) in [6, 6.07) is 11.0. The van der Waals surface area contributed by atoms with E-state index in [1.807, 2.05) is 17.0 Å². The first-order valence-corrected chi connectivity index (χ1v) is 9.31. The summed E-state index contributed by atoms with van der Waals surface area (Å²) in [7, 11) is 0. The highest BCUT2D eigenvalue weighted by Gasteiger charge is 2.22. The topological polar surface area (TPSA) is 93.3 Å². The van der Waals surface area contributed by atoms with E-state index in [4.69, 9.17) is 15.4 Å². The number of halogens is 1. The zero-order chi connectivity index (χ0) is 20.8. The van der Waals surface area contributed by atoms with Crippen LogP contribution in [0, 0.1) is 22.6 Å². The molecule has 1 aromatic heterocycles. The second-order valence-corrected chi connectivity index (χ2v) is 6.86. The molecule has 1 aliphatic heterocycles. The molecule has 0 atom stereocenters. The second kappa shape index (κ2) is 9.15. The van der Waals surface area contributed by atoms with Gasteiger partial charge in [0.05, 0.1) is 18.1 Å². The van der Waals surface area contributed by atoms with Crippen LogP contribution >= 0.6 is 0 Å². The molecular formula is C21H22FN5O2. The van der Waals surface area contributed by atoms with Gasteiger partial charge in [-0.15, -0.1) is 0 Å². The number of pyridine rings is 1. The number of esters is 1. The molecule has 3 rings (SSSR count). The van der Waals surface area contributed by atoms with Gasteiger partial charge in [0.25, 0.3) is 0 Å². The van der Waals surface area contributed by atoms with E-state index < -0.39 is 11.8 Å². The Bertz CT molecular complexity index is 931. The Hall–Kier alpha value is -3.47. The van der Waals surface area contributed by atoms with Crippen LogP contribution < -0.4 is 9.80 Å². The second-order valence-electron chi connectivity index (χ2n) is 6.86. The molecule has 8 heteroatoms. The predicted molar refractivity (Wildman–Crippen MR) is 108 cm³/mol. The van der Waals surface area contributed by atoms with Gasteiger partial charge in [0.2, 0.25) is 0 Å². The summed E-state index contributed by atoms with van der Waals surface area (Å²) in [5.41, 5.74) is 2.11. The van der Waals surface area contributed by atoms with E-state index in [1.165, 1.54) is 19.2 Å². The van der Waals surface area contributed by atoms with Crippen molar-refractivity contribution in [1.82, 2.24) is 4.98 Å². The normalized spacial score (nSPS) is 13.7. The molecule has 0 amide bonds. The Labute approximate surface area is 168 Å². The van der Waals surface area contributed by atoms with E-state index in [0.717, 1.165) is 5.69 Å². The Balaban J connectivity index is 1.62. The molecule has 2 aromatic rings. The Kier molecular flexibility index (Phi) is 6.39. The molecule has 150 valence electrons. The van der Waals surface area contributed by atoms with Gasteiger partial charge in [-0.05, 0) is 37.3 Å². The number of hydrogen-bond acceptors (Lipinski definition) is 7. The standard InChI is InChI=1S/C21H22FN5O2/c1-15(24)12-19(28)29-14-17-6-7-25-21(20(17)22)27-10-8-26(9-11-27)18-4-2-16(13-23)3-5-18/h2-7,24H,8-12,14H2,1H3. The summed E-state index contributed by atoms with van der Waals surface area (Å²) in [6.45, 7) is 3.93. The molecule has 7 nitrogen and oxygen atoms in total. The lowest BCUT2D eigenvalue weighted by Crippen LogP contribution is -2.47. The minimum Gasteiger partial charge on any atom is -0.460 e. The van der Waals surface area contributed by atoms with Crippen molar-refractivity contribution < 1.29 is 13.9 Å². The molecule has 1 N–H and O–H groups in total. The minimum absolute atomic E-state index is 0.100. The first-order valence-electron chi connectivity index (χ1n) is 9.31. The highest BCUT2D eigenvalue weighted by atomic mass is 19.1. The summed E-state index contributed by atoms with van der Waals surface area (Å²) >= 11 is 0. The maximum atomic E-state index is 14.9. The summed E-state index contributed by atoms with van der Waals surface area (Å²) < 4.78 is 20.0. The SMILES string of the molecule is CC(=N)CC(=O)OCc1ccnc(N2CCN(c3ccc(C#N)cc3)CC2)c1F. The third-order valence-electron chi connectivity index (χ3n) is 4.69. The molecule has 0 unspecified atom stereocenters. The summed E-state index contributed by atoms with van der Waals surface area (Å²) in [5, 5.41) is 16.2. The van der Waals surface area contributed by atoms with Gasteiger partial charge in [-0.3, -0.25) is 4.79 Å². The molecule has 0 bridgehead atoms. The van der Waals surface area contributed by atoms with E-state index in [2.05, 4.69) is 16.0 Å². The number of nitrogens with zero attached hydrogens (tertiary/aromatic N) is 4. The zero-order valence-electron chi connectivity index (χ0n) is 16.2. The zero-order valence-corrected chi connectivity index (χ0v) is 16.2. The van der Waals surface area contributed by atoms with Crippen molar-refractivity contribution in [1.29, 1.82) is 10.7 Å². The molecule has 0 spiro atoms. The fraction of sp³-hybridized carbons (Fsp3) is 0.333. The van der Waals surface area contributed by atoms with Gasteiger partial charge in [-0.2, -0.15) is 5.26 Å². The highest BCUT2D eigenvalue weighted by Crippen LogP contribution is 2.24. The number of anilines is 2. The molecule has 0 saturated carbocycles. The highest BCUT2D eigenvalue weighted by molar-refractivity contribution is 5.95. The van der Waals surface area contributed by atoms with Crippen molar-refractivity contribution in [3.63, 3.8) is 0 Å². The number of aromatic nitrogens is 1. The largest absolute Gasteiger partial charge is 0.460 e. The van der Waals surface area contributed by atoms with Gasteiger partial charge in [-0.1, -0.05) is 0 Å². The molecule has 0 radical (unpaired) electrons. The average Bonchev–Trinajstić information content (AvgIpc) is 2.73. The number of nitrogens with one attached hydrogen (secondary N) is 1. The predicted octanol–water partition coefficient (Wildman–Crippen LogP) is 2.89. The van der Waals surface area contributed by atoms with E-state index >= 15 is 0 Å². The van der Waals surface area contributed by atoms with Crippen molar-refractivity contribution >= 4 is 23.2 Å². The van der Waals surface area contributed by atoms with Crippen LogP contribution in [0.5, 0.6) is 0 Å². The maximum Gasteiger partial charge on any atom is 0.311 e. The van der Waals surface area contributed by atoms with E-state index in [9.17, 15) is 9.18 Å². The number of hydrogen-bond donors (Lipinski definition) is 1. The monoisotopic (exact) mass is 395 g/mol. The quantitative estimate of drug-likeness (QED) is 0.597. The maximum absolute atomic E-state index is 14.9. The lowest BCUT2D eigenvalue weighted by Gasteiger charge is -2.37. The lowest BCUT2D eigenvalue weighted by atomic mass is 10.2. The molecule has 1 aromatic carbocycles. The molecule has 29 heavy (non-hydrogen) atoms. The number of benzene rings is 1. The first-order chi connectivity index (χ1) is 14.0. The molecule has 0 aliphatic carbocycles. The van der Waals surface area contributed by atoms with Crippen molar-refractivity contribution in [2.75, 3.05) is 36.0 Å². The van der Waals surface area contributed by atoms with Crippen LogP contribution in [0.2, 0.25) is 0 Å². The molecule has 2 heterocycles. The number of rotatable bonds is 6. The van der Waals surface area contributed by atoms with Gasteiger partial charge >= 0.3 is 5.97 Å². The van der Waals surface area contributed by atoms with Crippen molar-refractivity contribution in [3.8, 4) is 6.07 Å². The van der Waals surface area contributed by atoms with Gasteiger partial charge in [0.1, 0.15) is 6.61 Å². The van der Waals surface area contributed by atoms with E-state index in [0.29, 0.717) is 31.7 Å². The number of piperazine rings is 1. The van der Waals surface area contributed by atoms with Crippen molar-refractivity contribution in [2.45, 2.75) is 20.0 Å². The smallest absolute Gasteiger partial charge is 0.311 e. The fourth-order valence-electron chi connectivity index (χ4n) is 3.15. The Morgan fingerprint density at radius 3 is 2.48 bits per heavy atom. The molecule has 1 saturated heterocycles. The van der Waals surface area contributed by atoms with Crippen molar-refractivity contribution in [3.05, 3.63) is 53.5 Å². The van der Waals surface area contributed by atoms with E-state index in [-0.39, 0.29) is 30.1 Å². The first kappa shape index (κ1) is 20.3. The summed E-state index contributed by atoms with van der Waals surface area (Å²) in [6.07, 6.45) is 1.41. The van der Waals surface area contributed by atoms with Gasteiger partial charge in [0, 0.05) is 49.3 Å². The van der Waals surface area contributed by atoms with Crippen LogP contribution in [-0.2, 0) is 16.1 Å². The van der Waals surface area contributed by atoms with Crippen LogP contribution in [0.25, 0.3) is 0 Å². The molecule has 1 aliphatic rings. The van der Waals surface area contributed by atoms with Crippen LogP contribution in [-0.4, -0.2) is 42.8 Å². The fourth-order valence-corrected chi connectivity index (χ4v) is 3.15. The summed E-state index contributed by atoms with van der Waals surface area (Å²) in [5.74, 6) is -0.786. The minimum atomic E-state index is -0.550. The number of carbonyl (C=O) groups is 1.